The summed E-state index contributed by atoms with van der Waals surface area (Å²) < 4.78 is 57.3. The van der Waals surface area contributed by atoms with Gasteiger partial charge in [-0.2, -0.15) is 13.2 Å². The number of thiazole rings is 1. The molecule has 0 aliphatic rings. The molecular weight excluding hydrogens is 390 g/mol. The molecule has 0 saturated carbocycles. The van der Waals surface area contributed by atoms with Crippen LogP contribution in [-0.4, -0.2) is 4.98 Å². The van der Waals surface area contributed by atoms with Crippen LogP contribution < -0.4 is 4.74 Å². The third kappa shape index (κ3) is 5.10. The van der Waals surface area contributed by atoms with Crippen molar-refractivity contribution >= 4 is 11.3 Å². The Bertz CT molecular complexity index is 919. The number of halogens is 4. The number of nitrogens with zero attached hydrogens (tertiary/aromatic N) is 1. The molecule has 0 fully saturated rings. The fraction of sp³-hybridized carbons (Fsp3) is 0.286. The number of benzene rings is 2. The lowest BCUT2D eigenvalue weighted by atomic mass is 10.1. The van der Waals surface area contributed by atoms with Crippen molar-refractivity contribution in [3.8, 4) is 16.3 Å². The molecule has 0 aliphatic heterocycles. The minimum Gasteiger partial charge on any atom is -0.488 e. The maximum absolute atomic E-state index is 13.3. The molecule has 148 valence electrons. The molecular formula is C21H19F4NOS. The molecule has 0 unspecified atom stereocenters. The van der Waals surface area contributed by atoms with Crippen LogP contribution in [0, 0.1) is 5.82 Å². The molecule has 0 bridgehead atoms. The van der Waals surface area contributed by atoms with E-state index in [0.29, 0.717) is 16.3 Å². The molecule has 0 saturated heterocycles. The van der Waals surface area contributed by atoms with E-state index in [-0.39, 0.29) is 12.4 Å². The summed E-state index contributed by atoms with van der Waals surface area (Å²) in [5, 5.41) is 0.651. The fourth-order valence-corrected chi connectivity index (χ4v) is 3.69. The Labute approximate surface area is 164 Å². The quantitative estimate of drug-likeness (QED) is 0.397. The summed E-state index contributed by atoms with van der Waals surface area (Å²) in [6.45, 7) is 2.31. The zero-order valence-electron chi connectivity index (χ0n) is 15.2. The maximum Gasteiger partial charge on any atom is 0.416 e. The van der Waals surface area contributed by atoms with Crippen molar-refractivity contribution in [2.75, 3.05) is 0 Å². The number of aryl methyl sites for hydroxylation is 1. The molecule has 0 aliphatic carbocycles. The van der Waals surface area contributed by atoms with E-state index in [1.54, 1.807) is 12.1 Å². The highest BCUT2D eigenvalue weighted by Gasteiger charge is 2.30. The standard InChI is InChI=1S/C21H19F4NOS/c1-2-3-7-18-19(13-27-17-6-4-5-16(22)12-17)28-20(26-18)14-8-10-15(11-9-14)21(23,24)25/h4-6,8-12H,2-3,7,13H2,1H3. The number of alkyl halides is 3. The predicted molar refractivity (Wildman–Crippen MR) is 102 cm³/mol. The molecule has 1 heterocycles. The molecule has 3 aromatic rings. The van der Waals surface area contributed by atoms with Crippen molar-refractivity contribution in [3.63, 3.8) is 0 Å². The highest BCUT2D eigenvalue weighted by Crippen LogP contribution is 2.34. The van der Waals surface area contributed by atoms with Gasteiger partial charge < -0.3 is 4.74 Å². The first-order valence-electron chi connectivity index (χ1n) is 8.91. The Balaban J connectivity index is 1.82. The molecule has 0 spiro atoms. The van der Waals surface area contributed by atoms with E-state index in [0.717, 1.165) is 42.0 Å². The second-order valence-electron chi connectivity index (χ2n) is 6.31. The SMILES string of the molecule is CCCCc1nc(-c2ccc(C(F)(F)F)cc2)sc1COc1cccc(F)c1. The highest BCUT2D eigenvalue weighted by molar-refractivity contribution is 7.15. The number of hydrogen-bond donors (Lipinski definition) is 0. The molecule has 7 heteroatoms. The van der Waals surface area contributed by atoms with Gasteiger partial charge in [0.15, 0.2) is 0 Å². The lowest BCUT2D eigenvalue weighted by molar-refractivity contribution is -0.137. The summed E-state index contributed by atoms with van der Waals surface area (Å²) in [6, 6.07) is 10.9. The van der Waals surface area contributed by atoms with Gasteiger partial charge in [0.1, 0.15) is 23.2 Å². The highest BCUT2D eigenvalue weighted by atomic mass is 32.1. The Morgan fingerprint density at radius 3 is 2.46 bits per heavy atom. The van der Waals surface area contributed by atoms with Crippen LogP contribution in [0.2, 0.25) is 0 Å². The van der Waals surface area contributed by atoms with E-state index in [9.17, 15) is 17.6 Å². The lowest BCUT2D eigenvalue weighted by Gasteiger charge is -2.06. The van der Waals surface area contributed by atoms with Gasteiger partial charge in [0.25, 0.3) is 0 Å². The Kier molecular flexibility index (Phi) is 6.34. The van der Waals surface area contributed by atoms with Crippen LogP contribution in [0.3, 0.4) is 0 Å². The van der Waals surface area contributed by atoms with Crippen molar-refractivity contribution in [2.45, 2.75) is 39.0 Å². The molecule has 3 rings (SSSR count). The van der Waals surface area contributed by atoms with Gasteiger partial charge in [-0.3, -0.25) is 0 Å². The van der Waals surface area contributed by atoms with Crippen molar-refractivity contribution in [3.05, 3.63) is 70.5 Å². The summed E-state index contributed by atoms with van der Waals surface area (Å²) >= 11 is 1.39. The molecule has 0 N–H and O–H groups in total. The van der Waals surface area contributed by atoms with E-state index >= 15 is 0 Å². The Hall–Kier alpha value is -2.41. The van der Waals surface area contributed by atoms with Crippen LogP contribution in [0.5, 0.6) is 5.75 Å². The van der Waals surface area contributed by atoms with Crippen molar-refractivity contribution in [2.24, 2.45) is 0 Å². The molecule has 0 radical (unpaired) electrons. The summed E-state index contributed by atoms with van der Waals surface area (Å²) in [5.74, 6) is 0.0457. The third-order valence-corrected chi connectivity index (χ3v) is 5.29. The van der Waals surface area contributed by atoms with E-state index in [1.165, 1.54) is 35.6 Å². The summed E-state index contributed by atoms with van der Waals surface area (Å²) in [4.78, 5) is 5.52. The van der Waals surface area contributed by atoms with Crippen LogP contribution in [0.4, 0.5) is 17.6 Å². The first-order chi connectivity index (χ1) is 13.4. The lowest BCUT2D eigenvalue weighted by Crippen LogP contribution is -2.03. The predicted octanol–water partition coefficient (Wildman–Crippen LogP) is 6.89. The van der Waals surface area contributed by atoms with Crippen molar-refractivity contribution in [1.82, 2.24) is 4.98 Å². The first kappa shape index (κ1) is 20.3. The maximum atomic E-state index is 13.3. The molecule has 1 aromatic heterocycles. The van der Waals surface area contributed by atoms with Gasteiger partial charge in [0.2, 0.25) is 0 Å². The smallest absolute Gasteiger partial charge is 0.416 e. The number of aromatic nitrogens is 1. The van der Waals surface area contributed by atoms with Crippen molar-refractivity contribution < 1.29 is 22.3 Å². The van der Waals surface area contributed by atoms with Gasteiger partial charge in [-0.15, -0.1) is 11.3 Å². The van der Waals surface area contributed by atoms with Gasteiger partial charge in [0.05, 0.1) is 16.1 Å². The molecule has 2 aromatic carbocycles. The van der Waals surface area contributed by atoms with E-state index < -0.39 is 11.7 Å². The average Bonchev–Trinajstić information content (AvgIpc) is 3.07. The molecule has 2 nitrogen and oxygen atoms in total. The molecule has 28 heavy (non-hydrogen) atoms. The normalized spacial score (nSPS) is 11.6. The van der Waals surface area contributed by atoms with Gasteiger partial charge in [0, 0.05) is 11.6 Å². The molecule has 0 atom stereocenters. The fourth-order valence-electron chi connectivity index (χ4n) is 2.67. The zero-order valence-corrected chi connectivity index (χ0v) is 16.0. The number of ether oxygens (including phenoxy) is 1. The first-order valence-corrected chi connectivity index (χ1v) is 9.73. The second-order valence-corrected chi connectivity index (χ2v) is 7.40. The topological polar surface area (TPSA) is 22.1 Å². The van der Waals surface area contributed by atoms with Crippen molar-refractivity contribution in [1.29, 1.82) is 0 Å². The zero-order chi connectivity index (χ0) is 20.1. The van der Waals surface area contributed by atoms with Gasteiger partial charge in [-0.05, 0) is 37.1 Å². The number of unbranched alkanes of at least 4 members (excludes halogenated alkanes) is 1. The van der Waals surface area contributed by atoms with Crippen LogP contribution in [0.15, 0.2) is 48.5 Å². The average molecular weight is 409 g/mol. The summed E-state index contributed by atoms with van der Waals surface area (Å²) in [7, 11) is 0. The van der Waals surface area contributed by atoms with E-state index in [2.05, 4.69) is 11.9 Å². The van der Waals surface area contributed by atoms with E-state index in [4.69, 9.17) is 4.74 Å². The van der Waals surface area contributed by atoms with E-state index in [1.807, 2.05) is 0 Å². The Morgan fingerprint density at radius 1 is 1.07 bits per heavy atom. The summed E-state index contributed by atoms with van der Waals surface area (Å²) in [6.07, 6.45) is -1.66. The van der Waals surface area contributed by atoms with Crippen LogP contribution >= 0.6 is 11.3 Å². The van der Waals surface area contributed by atoms with Gasteiger partial charge in [-0.25, -0.2) is 9.37 Å². The third-order valence-electron chi connectivity index (χ3n) is 4.17. The summed E-state index contributed by atoms with van der Waals surface area (Å²) in [5.41, 5.74) is 0.819. The second kappa shape index (κ2) is 8.73. The molecule has 0 amide bonds. The largest absolute Gasteiger partial charge is 0.488 e. The van der Waals surface area contributed by atoms with Gasteiger partial charge >= 0.3 is 6.18 Å². The number of rotatable bonds is 7. The monoisotopic (exact) mass is 409 g/mol. The number of hydrogen-bond acceptors (Lipinski definition) is 3. The minimum atomic E-state index is -4.36. The van der Waals surface area contributed by atoms with Crippen LogP contribution in [0.25, 0.3) is 10.6 Å². The van der Waals surface area contributed by atoms with Crippen LogP contribution in [0.1, 0.15) is 35.9 Å². The van der Waals surface area contributed by atoms with Gasteiger partial charge in [-0.1, -0.05) is 31.5 Å². The minimum absolute atomic E-state index is 0.237. The Morgan fingerprint density at radius 2 is 1.82 bits per heavy atom. The van der Waals surface area contributed by atoms with Crippen LogP contribution in [-0.2, 0) is 19.2 Å².